The number of carbonyl (C=O) groups is 2. The lowest BCUT2D eigenvalue weighted by molar-refractivity contribution is -0.148. The van der Waals surface area contributed by atoms with Crippen LogP contribution >= 0.6 is 0 Å². The monoisotopic (exact) mass is 329 g/mol. The summed E-state index contributed by atoms with van der Waals surface area (Å²) in [5, 5.41) is 9.53. The molecule has 4 bridgehead atoms. The molecule has 0 unspecified atom stereocenters. The highest BCUT2D eigenvalue weighted by atomic mass is 16.5. The smallest absolute Gasteiger partial charge is 0.310 e. The lowest BCUT2D eigenvalue weighted by atomic mass is 9.49. The predicted octanol–water partition coefficient (Wildman–Crippen LogP) is 1.85. The van der Waals surface area contributed by atoms with Gasteiger partial charge in [-0.2, -0.15) is 0 Å². The molecule has 3 fully saturated rings. The third-order valence-electron chi connectivity index (χ3n) is 7.42. The maximum atomic E-state index is 13.0. The minimum atomic E-state index is -0.925. The van der Waals surface area contributed by atoms with E-state index in [2.05, 4.69) is 19.9 Å². The van der Waals surface area contributed by atoms with Gasteiger partial charge < -0.3 is 14.7 Å². The molecule has 24 heavy (non-hydrogen) atoms. The Bertz CT molecular complexity index is 708. The van der Waals surface area contributed by atoms with Crippen molar-refractivity contribution in [1.29, 1.82) is 0 Å². The van der Waals surface area contributed by atoms with Crippen molar-refractivity contribution >= 4 is 11.9 Å². The first kappa shape index (κ1) is 14.7. The van der Waals surface area contributed by atoms with E-state index in [9.17, 15) is 14.7 Å². The number of aliphatic carboxylic acids is 1. The summed E-state index contributed by atoms with van der Waals surface area (Å²) < 4.78 is 5.95. The van der Waals surface area contributed by atoms with Crippen molar-refractivity contribution in [2.75, 3.05) is 13.1 Å². The Morgan fingerprint density at radius 1 is 1.46 bits per heavy atom. The minimum absolute atomic E-state index is 0.0468. The van der Waals surface area contributed by atoms with E-state index < -0.39 is 29.5 Å². The van der Waals surface area contributed by atoms with E-state index in [1.54, 1.807) is 0 Å². The SMILES string of the molecule is CC1(C)[C@H]2CC=C(CN3C[C@@]45C=C[C@@H](O4)[C@H](C(=O)O)[C@H]5C3=O)[C@H]1C2. The second-order valence-corrected chi connectivity index (χ2v) is 8.75. The van der Waals surface area contributed by atoms with Gasteiger partial charge in [0.05, 0.1) is 18.6 Å². The lowest BCUT2D eigenvalue weighted by Gasteiger charge is -2.56. The molecule has 1 saturated carbocycles. The Labute approximate surface area is 141 Å². The first-order valence-electron chi connectivity index (χ1n) is 8.91. The van der Waals surface area contributed by atoms with Gasteiger partial charge in [-0.05, 0) is 30.1 Å². The number of likely N-dealkylation sites (tertiary alicyclic amines) is 1. The number of carboxylic acid groups (broad SMARTS) is 1. The standard InChI is InChI=1S/C19H23NO4/c1-18(2)11-4-3-10(12(18)7-11)8-20-9-19-6-5-13(24-19)14(17(22)23)15(19)16(20)21/h3,5-6,11-15H,4,7-9H2,1-2H3,(H,22,23)/t11-,12+,13+,14-,15-,19+/m0/s1. The van der Waals surface area contributed by atoms with Crippen molar-refractivity contribution in [2.45, 2.75) is 38.4 Å². The van der Waals surface area contributed by atoms with Gasteiger partial charge in [-0.25, -0.2) is 0 Å². The van der Waals surface area contributed by atoms with Gasteiger partial charge >= 0.3 is 5.97 Å². The summed E-state index contributed by atoms with van der Waals surface area (Å²) in [6.07, 6.45) is 7.95. The molecule has 0 aromatic heterocycles. The van der Waals surface area contributed by atoms with Gasteiger partial charge in [0.1, 0.15) is 11.5 Å². The molecule has 0 aromatic carbocycles. The first-order chi connectivity index (χ1) is 11.3. The number of rotatable bonds is 3. The van der Waals surface area contributed by atoms with Gasteiger partial charge in [0, 0.05) is 6.54 Å². The molecule has 0 aromatic rings. The van der Waals surface area contributed by atoms with E-state index in [1.807, 2.05) is 17.1 Å². The largest absolute Gasteiger partial charge is 0.481 e. The van der Waals surface area contributed by atoms with E-state index >= 15 is 0 Å². The minimum Gasteiger partial charge on any atom is -0.481 e. The van der Waals surface area contributed by atoms with Crippen molar-refractivity contribution in [3.05, 3.63) is 23.8 Å². The average molecular weight is 329 g/mol. The molecule has 6 rings (SSSR count). The summed E-state index contributed by atoms with van der Waals surface area (Å²) in [4.78, 5) is 26.4. The molecule has 1 spiro atoms. The van der Waals surface area contributed by atoms with Crippen molar-refractivity contribution in [2.24, 2.45) is 29.1 Å². The van der Waals surface area contributed by atoms with Crippen LogP contribution in [-0.4, -0.2) is 46.7 Å². The Kier molecular flexibility index (Phi) is 2.64. The van der Waals surface area contributed by atoms with Crippen molar-refractivity contribution in [3.8, 4) is 0 Å². The Morgan fingerprint density at radius 2 is 2.25 bits per heavy atom. The van der Waals surface area contributed by atoms with Crippen LogP contribution in [0.25, 0.3) is 0 Å². The third kappa shape index (κ3) is 1.59. The van der Waals surface area contributed by atoms with Gasteiger partial charge in [-0.1, -0.05) is 37.6 Å². The molecule has 3 aliphatic heterocycles. The van der Waals surface area contributed by atoms with Crippen LogP contribution < -0.4 is 0 Å². The van der Waals surface area contributed by atoms with Gasteiger partial charge in [0.15, 0.2) is 0 Å². The van der Waals surface area contributed by atoms with Crippen LogP contribution in [0.3, 0.4) is 0 Å². The molecule has 5 nitrogen and oxygen atoms in total. The van der Waals surface area contributed by atoms with Crippen LogP contribution in [-0.2, 0) is 14.3 Å². The lowest BCUT2D eigenvalue weighted by Crippen LogP contribution is -2.50. The molecule has 128 valence electrons. The Hall–Kier alpha value is -1.62. The zero-order valence-corrected chi connectivity index (χ0v) is 14.1. The fraction of sp³-hybridized carbons (Fsp3) is 0.684. The molecule has 0 radical (unpaired) electrons. The van der Waals surface area contributed by atoms with E-state index in [4.69, 9.17) is 4.74 Å². The first-order valence-corrected chi connectivity index (χ1v) is 8.91. The Morgan fingerprint density at radius 3 is 2.92 bits per heavy atom. The highest BCUT2D eigenvalue weighted by molar-refractivity contribution is 5.90. The number of hydrogen-bond acceptors (Lipinski definition) is 3. The topological polar surface area (TPSA) is 66.8 Å². The number of carbonyl (C=O) groups excluding carboxylic acids is 1. The molecule has 6 aliphatic rings. The maximum absolute atomic E-state index is 13.0. The normalized spacial score (nSPS) is 46.8. The fourth-order valence-electron chi connectivity index (χ4n) is 5.87. The molecule has 3 aliphatic carbocycles. The summed E-state index contributed by atoms with van der Waals surface area (Å²) in [5.41, 5.74) is 0.981. The Balaban J connectivity index is 1.40. The summed E-state index contributed by atoms with van der Waals surface area (Å²) in [6.45, 7) is 5.77. The molecular formula is C19H23NO4. The predicted molar refractivity (Wildman–Crippen MR) is 86.0 cm³/mol. The van der Waals surface area contributed by atoms with Crippen LogP contribution in [0.4, 0.5) is 0 Å². The summed E-state index contributed by atoms with van der Waals surface area (Å²) in [6, 6.07) is 0. The molecule has 3 heterocycles. The average Bonchev–Trinajstić information content (AvgIpc) is 3.16. The second-order valence-electron chi connectivity index (χ2n) is 8.75. The molecule has 1 N–H and O–H groups in total. The van der Waals surface area contributed by atoms with Crippen molar-refractivity contribution < 1.29 is 19.4 Å². The van der Waals surface area contributed by atoms with Crippen LogP contribution in [0.5, 0.6) is 0 Å². The molecule has 6 atom stereocenters. The van der Waals surface area contributed by atoms with Gasteiger partial charge in [-0.3, -0.25) is 9.59 Å². The van der Waals surface area contributed by atoms with Gasteiger partial charge in [0.25, 0.3) is 0 Å². The highest BCUT2D eigenvalue weighted by Gasteiger charge is 2.67. The van der Waals surface area contributed by atoms with Crippen molar-refractivity contribution in [3.63, 3.8) is 0 Å². The number of nitrogens with zero attached hydrogens (tertiary/aromatic N) is 1. The summed E-state index contributed by atoms with van der Waals surface area (Å²) in [5.74, 6) is -0.934. The zero-order chi connectivity index (χ0) is 16.9. The molecule has 1 amide bonds. The van der Waals surface area contributed by atoms with Gasteiger partial charge in [0.2, 0.25) is 5.91 Å². The number of carboxylic acids is 1. The maximum Gasteiger partial charge on any atom is 0.310 e. The number of ether oxygens (including phenoxy) is 1. The van der Waals surface area contributed by atoms with Crippen LogP contribution in [0.15, 0.2) is 23.8 Å². The number of fused-ring (bicyclic) bond motifs is 2. The fourth-order valence-corrected chi connectivity index (χ4v) is 5.87. The summed E-state index contributed by atoms with van der Waals surface area (Å²) >= 11 is 0. The highest BCUT2D eigenvalue weighted by Crippen LogP contribution is 2.60. The molecule has 2 saturated heterocycles. The number of amides is 1. The summed E-state index contributed by atoms with van der Waals surface area (Å²) in [7, 11) is 0. The second kappa shape index (κ2) is 4.31. The quantitative estimate of drug-likeness (QED) is 0.803. The number of allylic oxidation sites excluding steroid dienone is 1. The van der Waals surface area contributed by atoms with Crippen LogP contribution in [0, 0.1) is 29.1 Å². The molecular weight excluding hydrogens is 306 g/mol. The zero-order valence-electron chi connectivity index (χ0n) is 14.1. The van der Waals surface area contributed by atoms with Crippen LogP contribution in [0.2, 0.25) is 0 Å². The third-order valence-corrected chi connectivity index (χ3v) is 7.42. The van der Waals surface area contributed by atoms with E-state index in [1.165, 1.54) is 12.0 Å². The van der Waals surface area contributed by atoms with E-state index in [0.717, 1.165) is 12.3 Å². The van der Waals surface area contributed by atoms with Crippen molar-refractivity contribution in [1.82, 2.24) is 4.90 Å². The van der Waals surface area contributed by atoms with Crippen LogP contribution in [0.1, 0.15) is 26.7 Å². The van der Waals surface area contributed by atoms with Gasteiger partial charge in [-0.15, -0.1) is 0 Å². The number of hydrogen-bond donors (Lipinski definition) is 1. The molecule has 5 heteroatoms. The van der Waals surface area contributed by atoms with E-state index in [0.29, 0.717) is 24.4 Å². The van der Waals surface area contributed by atoms with E-state index in [-0.39, 0.29) is 5.91 Å².